The van der Waals surface area contributed by atoms with Gasteiger partial charge in [0.2, 0.25) is 10.0 Å². The zero-order valence-electron chi connectivity index (χ0n) is 30.0. The third-order valence-corrected chi connectivity index (χ3v) is 11.4. The van der Waals surface area contributed by atoms with Gasteiger partial charge in [0.15, 0.2) is 23.9 Å². The van der Waals surface area contributed by atoms with Crippen molar-refractivity contribution in [2.45, 2.75) is 32.0 Å². The lowest BCUT2D eigenvalue weighted by Crippen LogP contribution is -2.47. The summed E-state index contributed by atoms with van der Waals surface area (Å²) in [6.07, 6.45) is 3.56. The Labute approximate surface area is 326 Å². The quantitative estimate of drug-likeness (QED) is 0.0887. The van der Waals surface area contributed by atoms with Gasteiger partial charge in [-0.05, 0) is 61.7 Å². The van der Waals surface area contributed by atoms with E-state index >= 15 is 0 Å². The Bertz CT molecular complexity index is 2040. The number of alkyl halides is 2. The van der Waals surface area contributed by atoms with Gasteiger partial charge in [0.1, 0.15) is 22.7 Å². The number of hydrogen-bond donors (Lipinski definition) is 0. The summed E-state index contributed by atoms with van der Waals surface area (Å²) in [5.74, 6) is -2.67. The van der Waals surface area contributed by atoms with Crippen LogP contribution >= 0.6 is 23.2 Å². The molecule has 1 aliphatic carbocycles. The maximum atomic E-state index is 13.6. The van der Waals surface area contributed by atoms with E-state index in [4.69, 9.17) is 32.7 Å². The van der Waals surface area contributed by atoms with Crippen molar-refractivity contribution >= 4 is 56.7 Å². The second-order valence-corrected chi connectivity index (χ2v) is 16.4. The second kappa shape index (κ2) is 16.8. The molecule has 3 heterocycles. The average Bonchev–Trinajstić information content (AvgIpc) is 3.92. The highest BCUT2D eigenvalue weighted by Gasteiger charge is 2.39. The molecule has 1 atom stereocenters. The van der Waals surface area contributed by atoms with Gasteiger partial charge in [-0.25, -0.2) is 8.42 Å². The molecule has 3 aromatic rings. The molecule has 3 aliphatic rings. The first-order chi connectivity index (χ1) is 26.1. The number of carbonyl (C=O) groups excluding carboxylic acids is 3. The van der Waals surface area contributed by atoms with Crippen LogP contribution in [0.5, 0.6) is 11.5 Å². The predicted octanol–water partition coefficient (Wildman–Crippen LogP) is 4.15. The number of ether oxygens (including phenoxy) is 3. The summed E-state index contributed by atoms with van der Waals surface area (Å²) in [7, 11) is -1.76. The maximum absolute atomic E-state index is 13.6. The molecule has 2 aliphatic heterocycles. The minimum absolute atomic E-state index is 0.0218. The van der Waals surface area contributed by atoms with E-state index in [-0.39, 0.29) is 75.0 Å². The Kier molecular flexibility index (Phi) is 12.4. The lowest BCUT2D eigenvalue weighted by molar-refractivity contribution is -0.605. The van der Waals surface area contributed by atoms with Gasteiger partial charge in [-0.1, -0.05) is 29.3 Å². The lowest BCUT2D eigenvalue weighted by atomic mass is 10.0. The van der Waals surface area contributed by atoms with E-state index in [1.807, 2.05) is 7.05 Å². The molecule has 0 radical (unpaired) electrons. The minimum Gasteiger partial charge on any atom is -0.619 e. The number of nitrogens with zero attached hydrogens (tertiary/aromatic N) is 5. The summed E-state index contributed by atoms with van der Waals surface area (Å²) in [5, 5.41) is 11.8. The molecule has 2 fully saturated rings. The van der Waals surface area contributed by atoms with Crippen molar-refractivity contribution in [3.63, 3.8) is 0 Å². The summed E-state index contributed by atoms with van der Waals surface area (Å²) >= 11 is 12.7. The van der Waals surface area contributed by atoms with Crippen LogP contribution in [0.2, 0.25) is 10.0 Å². The van der Waals surface area contributed by atoms with Crippen molar-refractivity contribution in [1.29, 1.82) is 0 Å². The monoisotopic (exact) mass is 825 g/mol. The van der Waals surface area contributed by atoms with Crippen LogP contribution in [0.4, 0.5) is 14.5 Å². The van der Waals surface area contributed by atoms with Crippen LogP contribution in [0.15, 0.2) is 48.8 Å². The number of aromatic nitrogens is 1. The van der Waals surface area contributed by atoms with Gasteiger partial charge >= 0.3 is 12.6 Å². The molecule has 2 amide bonds. The van der Waals surface area contributed by atoms with Gasteiger partial charge in [-0.3, -0.25) is 28.5 Å². The topological polar surface area (TPSA) is 153 Å². The number of esters is 1. The Hall–Kier alpha value is -4.29. The van der Waals surface area contributed by atoms with Gasteiger partial charge in [0.25, 0.3) is 11.8 Å². The molecule has 2 aromatic carbocycles. The first-order valence-corrected chi connectivity index (χ1v) is 20.0. The molecule has 19 heteroatoms. The van der Waals surface area contributed by atoms with E-state index in [0.29, 0.717) is 16.2 Å². The van der Waals surface area contributed by atoms with Crippen LogP contribution in [-0.4, -0.2) is 113 Å². The van der Waals surface area contributed by atoms with Crippen LogP contribution in [0.3, 0.4) is 0 Å². The number of sulfonamides is 1. The predicted molar refractivity (Wildman–Crippen MR) is 197 cm³/mol. The van der Waals surface area contributed by atoms with Crippen molar-refractivity contribution in [2.24, 2.45) is 5.92 Å². The minimum atomic E-state index is -3.78. The normalized spacial score (nSPS) is 17.0. The lowest BCUT2D eigenvalue weighted by Gasteiger charge is -2.34. The van der Waals surface area contributed by atoms with Crippen molar-refractivity contribution in [3.05, 3.63) is 86.3 Å². The van der Waals surface area contributed by atoms with E-state index in [1.54, 1.807) is 0 Å². The molecule has 0 unspecified atom stereocenters. The number of halogens is 4. The van der Waals surface area contributed by atoms with E-state index in [0.717, 1.165) is 57.7 Å². The summed E-state index contributed by atoms with van der Waals surface area (Å²) in [6, 6.07) is 8.09. The van der Waals surface area contributed by atoms with Crippen molar-refractivity contribution in [1.82, 2.24) is 14.7 Å². The van der Waals surface area contributed by atoms with Crippen molar-refractivity contribution in [3.8, 4) is 11.5 Å². The SMILES string of the molecule is CN1CCN(CCN(c2ccc3c(c2)C(=O)N(CC(=O)O[C@@H](Cc2c(Cl)c[n+]([O-])cc2Cl)c2ccc(OC(F)F)c(OCC4CC4)c2)C3=O)S(C)(=O)=O)CC1. The number of hydrogen-bond acceptors (Lipinski definition) is 11. The molecule has 0 bridgehead atoms. The van der Waals surface area contributed by atoms with Crippen LogP contribution in [0, 0.1) is 11.1 Å². The Balaban J connectivity index is 1.22. The highest BCUT2D eigenvalue weighted by Crippen LogP contribution is 2.38. The molecule has 0 N–H and O–H groups in total. The second-order valence-electron chi connectivity index (χ2n) is 13.7. The first-order valence-electron chi connectivity index (χ1n) is 17.4. The molecule has 14 nitrogen and oxygen atoms in total. The zero-order chi connectivity index (χ0) is 39.6. The number of piperazine rings is 1. The maximum Gasteiger partial charge on any atom is 0.387 e. The Morgan fingerprint density at radius 2 is 1.67 bits per heavy atom. The number of imide groups is 1. The molecule has 1 saturated carbocycles. The summed E-state index contributed by atoms with van der Waals surface area (Å²) < 4.78 is 70.1. The van der Waals surface area contributed by atoms with Crippen molar-refractivity contribution < 1.29 is 50.5 Å². The molecular weight excluding hydrogens is 787 g/mol. The summed E-state index contributed by atoms with van der Waals surface area (Å²) in [6.45, 7) is 0.0912. The molecule has 6 rings (SSSR count). The first kappa shape index (κ1) is 40.4. The number of amides is 2. The van der Waals surface area contributed by atoms with Crippen LogP contribution < -0.4 is 18.5 Å². The fourth-order valence-corrected chi connectivity index (χ4v) is 7.86. The van der Waals surface area contributed by atoms with Crippen LogP contribution in [0.25, 0.3) is 0 Å². The molecular formula is C36H39Cl2F2N5O9S. The van der Waals surface area contributed by atoms with Gasteiger partial charge < -0.3 is 24.3 Å². The number of likely N-dealkylation sites (N-methyl/N-ethyl adjacent to an activating group) is 1. The van der Waals surface area contributed by atoms with Gasteiger partial charge in [-0.2, -0.15) is 13.5 Å². The van der Waals surface area contributed by atoms with Gasteiger partial charge in [-0.15, -0.1) is 0 Å². The third kappa shape index (κ3) is 9.94. The summed E-state index contributed by atoms with van der Waals surface area (Å²) in [4.78, 5) is 45.7. The fourth-order valence-electron chi connectivity index (χ4n) is 6.35. The standard InChI is InChI=1S/C36H39Cl2F2N5O9S/c1-41-9-11-42(12-10-41)13-14-45(55(2,50)51)24-6-7-25-26(16-24)35(48)44(34(25)47)20-33(46)53-31(17-27-28(37)18-43(49)19-29(27)38)23-5-8-30(54-36(39)40)32(15-23)52-21-22-3-4-22/h5-8,15-16,18-19,22,31,36H,3-4,9-14,17,20-21H2,1-2H3/t31-/m0/s1. The fraction of sp³-hybridized carbons (Fsp3) is 0.444. The number of pyridine rings is 1. The van der Waals surface area contributed by atoms with Gasteiger partial charge in [0.05, 0.1) is 29.7 Å². The number of fused-ring (bicyclic) bond motifs is 1. The average molecular weight is 827 g/mol. The molecule has 1 saturated heterocycles. The van der Waals surface area contributed by atoms with E-state index in [9.17, 15) is 36.8 Å². The van der Waals surface area contributed by atoms with Gasteiger partial charge in [0, 0.05) is 51.3 Å². The zero-order valence-corrected chi connectivity index (χ0v) is 32.3. The van der Waals surface area contributed by atoms with Crippen LogP contribution in [-0.2, 0) is 26.0 Å². The van der Waals surface area contributed by atoms with E-state index in [1.165, 1.54) is 40.7 Å². The van der Waals surface area contributed by atoms with Crippen molar-refractivity contribution in [2.75, 3.05) is 70.0 Å². The number of rotatable bonds is 16. The molecule has 296 valence electrons. The van der Waals surface area contributed by atoms with Crippen LogP contribution in [0.1, 0.15) is 50.8 Å². The Morgan fingerprint density at radius 1 is 1.00 bits per heavy atom. The highest BCUT2D eigenvalue weighted by atomic mass is 35.5. The number of carbonyl (C=O) groups is 3. The molecule has 1 aromatic heterocycles. The van der Waals surface area contributed by atoms with E-state index in [2.05, 4.69) is 14.5 Å². The Morgan fingerprint density at radius 3 is 2.31 bits per heavy atom. The largest absolute Gasteiger partial charge is 0.619 e. The highest BCUT2D eigenvalue weighted by molar-refractivity contribution is 7.92. The number of anilines is 1. The van der Waals surface area contributed by atoms with E-state index < -0.39 is 47.1 Å². The summed E-state index contributed by atoms with van der Waals surface area (Å²) in [5.41, 5.74) is 0.553. The smallest absolute Gasteiger partial charge is 0.387 e. The third-order valence-electron chi connectivity index (χ3n) is 9.59. The molecule has 0 spiro atoms. The molecule has 55 heavy (non-hydrogen) atoms. The number of benzene rings is 2.